The molecule has 0 aromatic heterocycles. The Kier molecular flexibility index (Phi) is 5.08. The van der Waals surface area contributed by atoms with Crippen molar-refractivity contribution in [3.63, 3.8) is 0 Å². The smallest absolute Gasteiger partial charge is 0.315 e. The Morgan fingerprint density at radius 3 is 2.56 bits per heavy atom. The number of benzene rings is 3. The van der Waals surface area contributed by atoms with E-state index in [0.29, 0.717) is 17.2 Å². The van der Waals surface area contributed by atoms with Gasteiger partial charge in [0, 0.05) is 17.4 Å². The topological polar surface area (TPSA) is 26.3 Å². The van der Waals surface area contributed by atoms with Gasteiger partial charge in [0.2, 0.25) is 0 Å². The summed E-state index contributed by atoms with van der Waals surface area (Å²) < 4.78 is 5.72. The van der Waals surface area contributed by atoms with E-state index in [0.717, 1.165) is 16.7 Å². The van der Waals surface area contributed by atoms with E-state index in [4.69, 9.17) is 16.3 Å². The first-order chi connectivity index (χ1) is 13.2. The van der Waals surface area contributed by atoms with Crippen LogP contribution in [0.25, 0.3) is 6.08 Å². The molecular weight excluding hydrogens is 356 g/mol. The van der Waals surface area contributed by atoms with Crippen LogP contribution in [-0.4, -0.2) is 5.97 Å². The van der Waals surface area contributed by atoms with Crippen LogP contribution in [-0.2, 0) is 16.0 Å². The summed E-state index contributed by atoms with van der Waals surface area (Å²) >= 11 is 6.20. The highest BCUT2D eigenvalue weighted by atomic mass is 35.5. The SMILES string of the molecule is O=C(Cc1ccccc1)OC1=Cc2ccccc2C(c2cccc(Cl)c2)C1. The summed E-state index contributed by atoms with van der Waals surface area (Å²) in [6, 6.07) is 25.7. The van der Waals surface area contributed by atoms with Crippen LogP contribution in [0, 0.1) is 0 Å². The molecule has 0 fully saturated rings. The van der Waals surface area contributed by atoms with Gasteiger partial charge in [0.15, 0.2) is 0 Å². The number of hydrogen-bond donors (Lipinski definition) is 0. The van der Waals surface area contributed by atoms with Crippen molar-refractivity contribution in [3.05, 3.63) is 112 Å². The van der Waals surface area contributed by atoms with E-state index in [1.165, 1.54) is 5.56 Å². The molecule has 4 rings (SSSR count). The van der Waals surface area contributed by atoms with Gasteiger partial charge in [-0.05, 0) is 40.5 Å². The van der Waals surface area contributed by atoms with Gasteiger partial charge in [-0.2, -0.15) is 0 Å². The molecule has 134 valence electrons. The molecule has 0 N–H and O–H groups in total. The van der Waals surface area contributed by atoms with Gasteiger partial charge in [-0.25, -0.2) is 0 Å². The van der Waals surface area contributed by atoms with Crippen LogP contribution in [0.3, 0.4) is 0 Å². The van der Waals surface area contributed by atoms with Crippen LogP contribution < -0.4 is 0 Å². The van der Waals surface area contributed by atoms with Crippen molar-refractivity contribution in [1.82, 2.24) is 0 Å². The van der Waals surface area contributed by atoms with Crippen LogP contribution in [0.2, 0.25) is 5.02 Å². The van der Waals surface area contributed by atoms with E-state index in [1.54, 1.807) is 0 Å². The molecule has 0 heterocycles. The van der Waals surface area contributed by atoms with Gasteiger partial charge in [-0.3, -0.25) is 4.79 Å². The number of halogens is 1. The number of esters is 1. The van der Waals surface area contributed by atoms with Gasteiger partial charge < -0.3 is 4.74 Å². The highest BCUT2D eigenvalue weighted by Crippen LogP contribution is 2.39. The first-order valence-electron chi connectivity index (χ1n) is 8.98. The molecular formula is C24H19ClO2. The van der Waals surface area contributed by atoms with Crippen molar-refractivity contribution in [2.75, 3.05) is 0 Å². The van der Waals surface area contributed by atoms with E-state index in [9.17, 15) is 4.79 Å². The lowest BCUT2D eigenvalue weighted by molar-refractivity contribution is -0.138. The van der Waals surface area contributed by atoms with E-state index < -0.39 is 0 Å². The van der Waals surface area contributed by atoms with Gasteiger partial charge in [0.05, 0.1) is 6.42 Å². The normalized spacial score (nSPS) is 15.6. The quantitative estimate of drug-likeness (QED) is 0.523. The summed E-state index contributed by atoms with van der Waals surface area (Å²) in [4.78, 5) is 12.4. The van der Waals surface area contributed by atoms with Gasteiger partial charge in [0.1, 0.15) is 5.76 Å². The molecule has 0 amide bonds. The Morgan fingerprint density at radius 1 is 0.963 bits per heavy atom. The highest BCUT2D eigenvalue weighted by Gasteiger charge is 2.25. The molecule has 0 radical (unpaired) electrons. The Morgan fingerprint density at radius 2 is 1.74 bits per heavy atom. The lowest BCUT2D eigenvalue weighted by Crippen LogP contribution is -2.14. The average molecular weight is 375 g/mol. The lowest BCUT2D eigenvalue weighted by atomic mass is 9.81. The number of carbonyl (C=O) groups excluding carboxylic acids is 1. The number of rotatable bonds is 4. The molecule has 0 aliphatic heterocycles. The minimum absolute atomic E-state index is 0.115. The minimum Gasteiger partial charge on any atom is -0.431 e. The Hall–Kier alpha value is -2.84. The summed E-state index contributed by atoms with van der Waals surface area (Å²) in [5.74, 6) is 0.570. The fourth-order valence-corrected chi connectivity index (χ4v) is 3.74. The third kappa shape index (κ3) is 4.12. The van der Waals surface area contributed by atoms with Crippen molar-refractivity contribution in [2.24, 2.45) is 0 Å². The molecule has 3 heteroatoms. The maximum Gasteiger partial charge on any atom is 0.315 e. The van der Waals surface area contributed by atoms with Crippen molar-refractivity contribution in [3.8, 4) is 0 Å². The predicted octanol–water partition coefficient (Wildman–Crippen LogP) is 6.00. The first kappa shape index (κ1) is 17.6. The maximum absolute atomic E-state index is 12.4. The standard InChI is InChI=1S/C24H19ClO2/c25-20-11-6-10-18(14-20)23-16-21(15-19-9-4-5-12-22(19)23)27-24(26)13-17-7-2-1-3-8-17/h1-12,14-15,23H,13,16H2. The van der Waals surface area contributed by atoms with Gasteiger partial charge in [-0.15, -0.1) is 0 Å². The molecule has 0 saturated heterocycles. The molecule has 1 atom stereocenters. The van der Waals surface area contributed by atoms with Crippen LogP contribution >= 0.6 is 11.6 Å². The number of ether oxygens (including phenoxy) is 1. The lowest BCUT2D eigenvalue weighted by Gasteiger charge is -2.26. The second-order valence-corrected chi connectivity index (χ2v) is 7.12. The van der Waals surface area contributed by atoms with Crippen LogP contribution in [0.15, 0.2) is 84.6 Å². The summed E-state index contributed by atoms with van der Waals surface area (Å²) in [5, 5.41) is 0.710. The Labute approximate surface area is 164 Å². The van der Waals surface area contributed by atoms with Crippen LogP contribution in [0.1, 0.15) is 34.6 Å². The zero-order valence-electron chi connectivity index (χ0n) is 14.8. The first-order valence-corrected chi connectivity index (χ1v) is 9.36. The van der Waals surface area contributed by atoms with Crippen molar-refractivity contribution >= 4 is 23.6 Å². The van der Waals surface area contributed by atoms with E-state index in [1.807, 2.05) is 66.7 Å². The fraction of sp³-hybridized carbons (Fsp3) is 0.125. The molecule has 1 aliphatic carbocycles. The minimum atomic E-state index is -0.239. The molecule has 2 nitrogen and oxygen atoms in total. The third-order valence-electron chi connectivity index (χ3n) is 4.78. The zero-order chi connectivity index (χ0) is 18.6. The fourth-order valence-electron chi connectivity index (χ4n) is 3.54. The zero-order valence-corrected chi connectivity index (χ0v) is 15.5. The van der Waals surface area contributed by atoms with Crippen molar-refractivity contribution in [1.29, 1.82) is 0 Å². The highest BCUT2D eigenvalue weighted by molar-refractivity contribution is 6.30. The third-order valence-corrected chi connectivity index (χ3v) is 5.02. The van der Waals surface area contributed by atoms with E-state index in [2.05, 4.69) is 18.2 Å². The summed E-state index contributed by atoms with van der Waals surface area (Å²) in [7, 11) is 0. The number of carbonyl (C=O) groups is 1. The summed E-state index contributed by atoms with van der Waals surface area (Å²) in [6.45, 7) is 0. The molecule has 1 aliphatic rings. The van der Waals surface area contributed by atoms with Gasteiger partial charge in [0.25, 0.3) is 0 Å². The number of hydrogen-bond acceptors (Lipinski definition) is 2. The van der Waals surface area contributed by atoms with Gasteiger partial charge >= 0.3 is 5.97 Å². The molecule has 3 aromatic rings. The van der Waals surface area contributed by atoms with E-state index in [-0.39, 0.29) is 18.3 Å². The average Bonchev–Trinajstić information content (AvgIpc) is 2.68. The van der Waals surface area contributed by atoms with E-state index >= 15 is 0 Å². The van der Waals surface area contributed by atoms with Gasteiger partial charge in [-0.1, -0.05) is 78.3 Å². The van der Waals surface area contributed by atoms with Crippen LogP contribution in [0.5, 0.6) is 0 Å². The number of fused-ring (bicyclic) bond motifs is 1. The summed E-state index contributed by atoms with van der Waals surface area (Å²) in [5.41, 5.74) is 4.38. The molecule has 3 aromatic carbocycles. The molecule has 0 saturated carbocycles. The molecule has 0 bridgehead atoms. The largest absolute Gasteiger partial charge is 0.431 e. The second kappa shape index (κ2) is 7.81. The second-order valence-electron chi connectivity index (χ2n) is 6.69. The Bertz CT molecular complexity index is 992. The molecule has 0 spiro atoms. The summed E-state index contributed by atoms with van der Waals surface area (Å²) in [6.07, 6.45) is 2.87. The Balaban J connectivity index is 1.59. The predicted molar refractivity (Wildman–Crippen MR) is 109 cm³/mol. The molecule has 27 heavy (non-hydrogen) atoms. The van der Waals surface area contributed by atoms with Crippen molar-refractivity contribution < 1.29 is 9.53 Å². The maximum atomic E-state index is 12.4. The van der Waals surface area contributed by atoms with Crippen LogP contribution in [0.4, 0.5) is 0 Å². The van der Waals surface area contributed by atoms with Crippen molar-refractivity contribution in [2.45, 2.75) is 18.8 Å². The molecule has 1 unspecified atom stereocenters. The number of allylic oxidation sites excluding steroid dienone is 1. The monoisotopic (exact) mass is 374 g/mol.